The van der Waals surface area contributed by atoms with E-state index in [2.05, 4.69) is 26.2 Å². The summed E-state index contributed by atoms with van der Waals surface area (Å²) < 4.78 is 42.6. The molecular weight excluding hydrogens is 495 g/mol. The second-order valence-electron chi connectivity index (χ2n) is 7.79. The minimum atomic E-state index is -0.662. The van der Waals surface area contributed by atoms with E-state index in [1.165, 1.54) is 6.08 Å². The van der Waals surface area contributed by atoms with Gasteiger partial charge in [-0.15, -0.1) is 0 Å². The lowest BCUT2D eigenvalue weighted by atomic mass is 9.89. The second kappa shape index (κ2) is 15.0. The lowest BCUT2D eigenvalue weighted by molar-refractivity contribution is 0.160. The molecule has 0 amide bonds. The van der Waals surface area contributed by atoms with Crippen molar-refractivity contribution in [1.82, 2.24) is 19.6 Å². The average molecular weight is 526 g/mol. The predicted octanol–water partition coefficient (Wildman–Crippen LogP) is 6.87. The Hall–Kier alpha value is -2.28. The summed E-state index contributed by atoms with van der Waals surface area (Å²) in [6.45, 7) is 6.89. The molecule has 3 rings (SSSR count). The fraction of sp³-hybridized carbons (Fsp3) is 0.480. The van der Waals surface area contributed by atoms with Gasteiger partial charge in [0.2, 0.25) is 0 Å². The molecule has 2 aliphatic carbocycles. The van der Waals surface area contributed by atoms with Crippen molar-refractivity contribution in [2.75, 3.05) is 13.3 Å². The highest BCUT2D eigenvalue weighted by Crippen LogP contribution is 2.37. The molecule has 1 atom stereocenters. The number of alkyl halides is 2. The van der Waals surface area contributed by atoms with Crippen molar-refractivity contribution >= 4 is 23.5 Å². The van der Waals surface area contributed by atoms with Gasteiger partial charge in [-0.3, -0.25) is 9.11 Å². The second-order valence-corrected chi connectivity index (χ2v) is 9.16. The highest BCUT2D eigenvalue weighted by molar-refractivity contribution is 7.97. The lowest BCUT2D eigenvalue weighted by Crippen LogP contribution is -2.40. The maximum absolute atomic E-state index is 14.4. The first-order valence-electron chi connectivity index (χ1n) is 11.6. The van der Waals surface area contributed by atoms with Gasteiger partial charge in [0.15, 0.2) is 0 Å². The Labute approximate surface area is 215 Å². The predicted molar refractivity (Wildman–Crippen MR) is 135 cm³/mol. The molecule has 190 valence electrons. The van der Waals surface area contributed by atoms with Crippen LogP contribution in [0.1, 0.15) is 51.8 Å². The number of aromatic nitrogens is 2. The maximum Gasteiger partial charge on any atom is 0.147 e. The van der Waals surface area contributed by atoms with Crippen LogP contribution >= 0.6 is 23.5 Å². The SMILES string of the molecule is C=C(C#N)C1=CC(F)=C(Cl)CC=C1N(Cc1ncc(SNC(CF)CCF)cn1)C1CCC1.CC. The van der Waals surface area contributed by atoms with Gasteiger partial charge in [0.05, 0.1) is 34.8 Å². The van der Waals surface area contributed by atoms with E-state index < -0.39 is 25.2 Å². The Morgan fingerprint density at radius 2 is 2.03 bits per heavy atom. The number of nitrogens with zero attached hydrogens (tertiary/aromatic N) is 4. The molecule has 0 aromatic carbocycles. The van der Waals surface area contributed by atoms with E-state index in [4.69, 9.17) is 11.6 Å². The zero-order valence-corrected chi connectivity index (χ0v) is 21.6. The van der Waals surface area contributed by atoms with E-state index in [1.54, 1.807) is 12.4 Å². The largest absolute Gasteiger partial charge is 0.361 e. The Kier molecular flexibility index (Phi) is 12.4. The lowest BCUT2D eigenvalue weighted by Gasteiger charge is -2.40. The van der Waals surface area contributed by atoms with E-state index in [-0.39, 0.29) is 29.5 Å². The molecule has 1 unspecified atom stereocenters. The van der Waals surface area contributed by atoms with Crippen LogP contribution in [-0.2, 0) is 6.54 Å². The van der Waals surface area contributed by atoms with Crippen molar-refractivity contribution in [3.63, 3.8) is 0 Å². The number of nitriles is 1. The number of rotatable bonds is 11. The molecule has 1 aromatic heterocycles. The summed E-state index contributed by atoms with van der Waals surface area (Å²) in [5, 5.41) is 9.49. The summed E-state index contributed by atoms with van der Waals surface area (Å²) in [5.74, 6) is -0.0315. The van der Waals surface area contributed by atoms with Crippen molar-refractivity contribution in [3.05, 3.63) is 64.7 Å². The third kappa shape index (κ3) is 8.13. The zero-order chi connectivity index (χ0) is 25.8. The molecule has 1 saturated carbocycles. The van der Waals surface area contributed by atoms with Crippen LogP contribution in [0.4, 0.5) is 13.2 Å². The Morgan fingerprint density at radius 1 is 1.34 bits per heavy atom. The van der Waals surface area contributed by atoms with Crippen LogP contribution in [0, 0.1) is 11.3 Å². The van der Waals surface area contributed by atoms with Crippen LogP contribution in [0.3, 0.4) is 0 Å². The summed E-state index contributed by atoms with van der Waals surface area (Å²) in [7, 11) is 0. The molecule has 0 spiro atoms. The van der Waals surface area contributed by atoms with Crippen LogP contribution in [0.15, 0.2) is 63.7 Å². The summed E-state index contributed by atoms with van der Waals surface area (Å²) in [4.78, 5) is 11.6. The van der Waals surface area contributed by atoms with Crippen molar-refractivity contribution in [3.8, 4) is 6.07 Å². The normalized spacial score (nSPS) is 16.6. The van der Waals surface area contributed by atoms with Gasteiger partial charge in [-0.2, -0.15) is 5.26 Å². The van der Waals surface area contributed by atoms with E-state index in [9.17, 15) is 18.4 Å². The van der Waals surface area contributed by atoms with Gasteiger partial charge in [-0.25, -0.2) is 18.7 Å². The first-order valence-corrected chi connectivity index (χ1v) is 12.8. The third-order valence-corrected chi connectivity index (χ3v) is 6.78. The van der Waals surface area contributed by atoms with Crippen LogP contribution < -0.4 is 4.72 Å². The zero-order valence-electron chi connectivity index (χ0n) is 20.0. The highest BCUT2D eigenvalue weighted by Gasteiger charge is 2.30. The molecular formula is C25H31ClF3N5S. The molecule has 5 nitrogen and oxygen atoms in total. The van der Waals surface area contributed by atoms with E-state index >= 15 is 0 Å². The highest BCUT2D eigenvalue weighted by atomic mass is 35.5. The molecule has 10 heteroatoms. The third-order valence-electron chi connectivity index (χ3n) is 5.55. The molecule has 1 heterocycles. The molecule has 0 bridgehead atoms. The minimum absolute atomic E-state index is 0.0753. The summed E-state index contributed by atoms with van der Waals surface area (Å²) in [5.41, 5.74) is 1.25. The molecule has 0 radical (unpaired) electrons. The quantitative estimate of drug-likeness (QED) is 0.251. The molecule has 35 heavy (non-hydrogen) atoms. The van der Waals surface area contributed by atoms with Crippen LogP contribution in [0.2, 0.25) is 0 Å². The van der Waals surface area contributed by atoms with E-state index in [0.717, 1.165) is 31.2 Å². The van der Waals surface area contributed by atoms with Gasteiger partial charge >= 0.3 is 0 Å². The number of hydrogen-bond donors (Lipinski definition) is 1. The molecule has 0 saturated heterocycles. The van der Waals surface area contributed by atoms with Crippen LogP contribution in [0.5, 0.6) is 0 Å². The molecule has 1 fully saturated rings. The molecule has 1 aromatic rings. The smallest absolute Gasteiger partial charge is 0.147 e. The van der Waals surface area contributed by atoms with Gasteiger partial charge in [0, 0.05) is 42.2 Å². The number of allylic oxidation sites excluding steroid dienone is 5. The maximum atomic E-state index is 14.4. The Morgan fingerprint density at radius 3 is 2.57 bits per heavy atom. The number of nitrogens with one attached hydrogen (secondary N) is 1. The molecule has 0 aliphatic heterocycles. The van der Waals surface area contributed by atoms with Gasteiger partial charge in [-0.1, -0.05) is 38.1 Å². The monoisotopic (exact) mass is 525 g/mol. The van der Waals surface area contributed by atoms with Crippen LogP contribution in [0.25, 0.3) is 0 Å². The van der Waals surface area contributed by atoms with Crippen molar-refractivity contribution in [2.45, 2.75) is 69.5 Å². The standard InChI is InChI=1S/C23H25ClF3N5S.C2H6/c1-15(11-28)19-9-21(27)20(24)5-6-22(19)32(17-3-2-4-17)14-23-29-12-18(13-30-23)33-31-16(10-26)7-8-25;1-2/h6,9,12-13,16-17,31H,1-5,7-8,10,14H2;1-2H3. The summed E-state index contributed by atoms with van der Waals surface area (Å²) in [6.07, 6.45) is 9.63. The van der Waals surface area contributed by atoms with Crippen molar-refractivity contribution in [2.24, 2.45) is 0 Å². The minimum Gasteiger partial charge on any atom is -0.361 e. The Bertz CT molecular complexity index is 984. The van der Waals surface area contributed by atoms with Gasteiger partial charge < -0.3 is 4.90 Å². The van der Waals surface area contributed by atoms with Gasteiger partial charge in [-0.05, 0) is 43.7 Å². The fourth-order valence-electron chi connectivity index (χ4n) is 3.44. The van der Waals surface area contributed by atoms with E-state index in [1.807, 2.05) is 26.0 Å². The van der Waals surface area contributed by atoms with Crippen molar-refractivity contribution < 1.29 is 13.2 Å². The average Bonchev–Trinajstić information content (AvgIpc) is 3.00. The number of halogens is 4. The van der Waals surface area contributed by atoms with Gasteiger partial charge in [0.1, 0.15) is 18.3 Å². The summed E-state index contributed by atoms with van der Waals surface area (Å²) in [6, 6.07) is 1.64. The molecule has 2 aliphatic rings. The summed E-state index contributed by atoms with van der Waals surface area (Å²) >= 11 is 7.20. The van der Waals surface area contributed by atoms with Crippen molar-refractivity contribution in [1.29, 1.82) is 5.26 Å². The fourth-order valence-corrected chi connectivity index (χ4v) is 4.26. The molecule has 1 N–H and O–H groups in total. The number of hydrogen-bond acceptors (Lipinski definition) is 6. The van der Waals surface area contributed by atoms with Gasteiger partial charge in [0.25, 0.3) is 0 Å². The first kappa shape index (κ1) is 29.0. The van der Waals surface area contributed by atoms with Crippen LogP contribution in [-0.4, -0.2) is 40.3 Å². The Balaban J connectivity index is 0.00000210. The first-order chi connectivity index (χ1) is 17.0. The topological polar surface area (TPSA) is 64.8 Å². The van der Waals surface area contributed by atoms with E-state index in [0.29, 0.717) is 28.5 Å².